The molecule has 0 nitrogen and oxygen atoms in total. The van der Waals surface area contributed by atoms with Gasteiger partial charge in [0.15, 0.2) is 0 Å². The minimum Gasteiger partial charge on any atom is -0.120 e. The fourth-order valence-corrected chi connectivity index (χ4v) is 0.276. The second kappa shape index (κ2) is 2.02. The first kappa shape index (κ1) is 6.56. The van der Waals surface area contributed by atoms with Crippen LogP contribution in [0, 0.1) is 24.7 Å². The van der Waals surface area contributed by atoms with Crippen molar-refractivity contribution in [2.45, 2.75) is 20.3 Å². The molecule has 1 radical (unpaired) electrons. The largest absolute Gasteiger partial charge is 0.120 e. The van der Waals surface area contributed by atoms with E-state index in [1.807, 2.05) is 13.8 Å². The minimum absolute atomic E-state index is 0.0642. The van der Waals surface area contributed by atoms with Crippen LogP contribution in [0.5, 0.6) is 0 Å². The molecule has 7 heavy (non-hydrogen) atoms. The zero-order chi connectivity index (χ0) is 5.91. The highest BCUT2D eigenvalue weighted by molar-refractivity contribution is 4.91. The fraction of sp³-hybridized carbons (Fsp3) is 0.571. The maximum absolute atomic E-state index is 5.02. The average molecular weight is 95.2 g/mol. The van der Waals surface area contributed by atoms with Crippen molar-refractivity contribution < 1.29 is 0 Å². The van der Waals surface area contributed by atoms with E-state index in [1.54, 1.807) is 0 Å². The zero-order valence-corrected chi connectivity index (χ0v) is 4.99. The van der Waals surface area contributed by atoms with Crippen molar-refractivity contribution in [3.05, 3.63) is 6.92 Å². The molecule has 0 bridgehead atoms. The quantitative estimate of drug-likeness (QED) is 0.436. The first-order chi connectivity index (χ1) is 3.06. The van der Waals surface area contributed by atoms with E-state index in [2.05, 4.69) is 12.8 Å². The Bertz CT molecular complexity index is 77.2. The van der Waals surface area contributed by atoms with E-state index < -0.39 is 0 Å². The maximum Gasteiger partial charge on any atom is 0.0137 e. The van der Waals surface area contributed by atoms with Gasteiger partial charge in [-0.3, -0.25) is 0 Å². The molecule has 0 heteroatoms. The maximum atomic E-state index is 5.02. The van der Waals surface area contributed by atoms with Gasteiger partial charge in [0.25, 0.3) is 0 Å². The topological polar surface area (TPSA) is 0 Å². The molecule has 0 unspecified atom stereocenters. The molecule has 0 aromatic rings. The van der Waals surface area contributed by atoms with Crippen molar-refractivity contribution in [1.82, 2.24) is 0 Å². The van der Waals surface area contributed by atoms with Gasteiger partial charge < -0.3 is 0 Å². The molecule has 0 aliphatic rings. The van der Waals surface area contributed by atoms with Crippen molar-refractivity contribution in [2.75, 3.05) is 0 Å². The summed E-state index contributed by atoms with van der Waals surface area (Å²) in [6.45, 7) is 7.86. The summed E-state index contributed by atoms with van der Waals surface area (Å²) in [5, 5.41) is 0. The standard InChI is InChI=1S/C7H11/c1-5-6-7(2,3)4/h1H,2,6H2,3-4H3. The van der Waals surface area contributed by atoms with Gasteiger partial charge in [-0.2, -0.15) is 0 Å². The van der Waals surface area contributed by atoms with Crippen LogP contribution in [-0.4, -0.2) is 0 Å². The number of hydrogen-bond acceptors (Lipinski definition) is 0. The Morgan fingerprint density at radius 1 is 1.71 bits per heavy atom. The summed E-state index contributed by atoms with van der Waals surface area (Å²) < 4.78 is 0. The predicted molar refractivity (Wildman–Crippen MR) is 32.6 cm³/mol. The van der Waals surface area contributed by atoms with Crippen molar-refractivity contribution in [3.63, 3.8) is 0 Å². The SMILES string of the molecule is C#CCC([CH2])(C)C. The van der Waals surface area contributed by atoms with Gasteiger partial charge in [0.2, 0.25) is 0 Å². The Morgan fingerprint density at radius 2 is 2.14 bits per heavy atom. The van der Waals surface area contributed by atoms with Crippen molar-refractivity contribution in [1.29, 1.82) is 0 Å². The molecular formula is C7H11. The van der Waals surface area contributed by atoms with Crippen LogP contribution in [-0.2, 0) is 0 Å². The lowest BCUT2D eigenvalue weighted by molar-refractivity contribution is 0.492. The van der Waals surface area contributed by atoms with Gasteiger partial charge in [0, 0.05) is 6.42 Å². The lowest BCUT2D eigenvalue weighted by Crippen LogP contribution is -2.02. The van der Waals surface area contributed by atoms with Gasteiger partial charge in [-0.05, 0) is 12.3 Å². The van der Waals surface area contributed by atoms with Crippen LogP contribution in [0.15, 0.2) is 0 Å². The molecule has 0 fully saturated rings. The number of terminal acetylenes is 1. The van der Waals surface area contributed by atoms with E-state index >= 15 is 0 Å². The first-order valence-corrected chi connectivity index (χ1v) is 2.35. The Hall–Kier alpha value is -0.440. The normalized spacial score (nSPS) is 10.6. The molecule has 0 rings (SSSR count). The molecule has 0 aromatic carbocycles. The van der Waals surface area contributed by atoms with E-state index in [0.29, 0.717) is 0 Å². The van der Waals surface area contributed by atoms with Crippen molar-refractivity contribution in [3.8, 4) is 12.3 Å². The Labute approximate surface area is 45.9 Å². The molecule has 0 saturated carbocycles. The van der Waals surface area contributed by atoms with Crippen LogP contribution in [0.3, 0.4) is 0 Å². The molecule has 0 heterocycles. The van der Waals surface area contributed by atoms with Crippen LogP contribution >= 0.6 is 0 Å². The molecule has 0 atom stereocenters. The van der Waals surface area contributed by atoms with E-state index in [-0.39, 0.29) is 5.41 Å². The Morgan fingerprint density at radius 3 is 2.14 bits per heavy atom. The van der Waals surface area contributed by atoms with Crippen LogP contribution in [0.4, 0.5) is 0 Å². The van der Waals surface area contributed by atoms with Gasteiger partial charge in [-0.1, -0.05) is 13.8 Å². The molecule has 0 amide bonds. The molecule has 0 saturated heterocycles. The summed E-state index contributed by atoms with van der Waals surface area (Å²) >= 11 is 0. The molecule has 39 valence electrons. The number of rotatable bonds is 1. The van der Waals surface area contributed by atoms with E-state index in [4.69, 9.17) is 6.42 Å². The van der Waals surface area contributed by atoms with Crippen molar-refractivity contribution >= 4 is 0 Å². The van der Waals surface area contributed by atoms with Crippen LogP contribution in [0.1, 0.15) is 20.3 Å². The summed E-state index contributed by atoms with van der Waals surface area (Å²) in [5.41, 5.74) is 0.0642. The predicted octanol–water partition coefficient (Wildman–Crippen LogP) is 1.87. The molecule has 0 aliphatic heterocycles. The van der Waals surface area contributed by atoms with E-state index in [1.165, 1.54) is 0 Å². The van der Waals surface area contributed by atoms with Crippen LogP contribution in [0.2, 0.25) is 0 Å². The molecule has 0 aromatic heterocycles. The molecule has 0 spiro atoms. The summed E-state index contributed by atoms with van der Waals surface area (Å²) in [4.78, 5) is 0. The molecular weight excluding hydrogens is 84.1 g/mol. The summed E-state index contributed by atoms with van der Waals surface area (Å²) in [5.74, 6) is 2.55. The Kier molecular flexibility index (Phi) is 1.90. The smallest absolute Gasteiger partial charge is 0.0137 e. The summed E-state index contributed by atoms with van der Waals surface area (Å²) in [7, 11) is 0. The highest BCUT2D eigenvalue weighted by atomic mass is 14.1. The fourth-order valence-electron chi connectivity index (χ4n) is 0.276. The highest BCUT2D eigenvalue weighted by Gasteiger charge is 2.05. The van der Waals surface area contributed by atoms with Gasteiger partial charge >= 0.3 is 0 Å². The van der Waals surface area contributed by atoms with Gasteiger partial charge in [0.05, 0.1) is 0 Å². The zero-order valence-electron chi connectivity index (χ0n) is 4.99. The van der Waals surface area contributed by atoms with Gasteiger partial charge in [-0.15, -0.1) is 12.3 Å². The second-order valence-electron chi connectivity index (χ2n) is 2.55. The minimum atomic E-state index is 0.0642. The first-order valence-electron chi connectivity index (χ1n) is 2.35. The summed E-state index contributed by atoms with van der Waals surface area (Å²) in [6.07, 6.45) is 5.78. The Balaban J connectivity index is 3.40. The number of hydrogen-bond donors (Lipinski definition) is 0. The monoisotopic (exact) mass is 95.1 g/mol. The summed E-state index contributed by atoms with van der Waals surface area (Å²) in [6, 6.07) is 0. The average Bonchev–Trinajstić information content (AvgIpc) is 1.30. The lowest BCUT2D eigenvalue weighted by Gasteiger charge is -2.11. The third-order valence-corrected chi connectivity index (χ3v) is 0.581. The van der Waals surface area contributed by atoms with Gasteiger partial charge in [0.1, 0.15) is 0 Å². The van der Waals surface area contributed by atoms with E-state index in [9.17, 15) is 0 Å². The molecule has 0 aliphatic carbocycles. The van der Waals surface area contributed by atoms with Gasteiger partial charge in [-0.25, -0.2) is 0 Å². The third-order valence-electron chi connectivity index (χ3n) is 0.581. The van der Waals surface area contributed by atoms with E-state index in [0.717, 1.165) is 6.42 Å². The van der Waals surface area contributed by atoms with Crippen LogP contribution < -0.4 is 0 Å². The second-order valence-corrected chi connectivity index (χ2v) is 2.55. The third kappa shape index (κ3) is 5.56. The highest BCUT2D eigenvalue weighted by Crippen LogP contribution is 2.15. The van der Waals surface area contributed by atoms with Crippen LogP contribution in [0.25, 0.3) is 0 Å². The van der Waals surface area contributed by atoms with Crippen molar-refractivity contribution in [2.24, 2.45) is 5.41 Å². The molecule has 0 N–H and O–H groups in total. The lowest BCUT2D eigenvalue weighted by atomic mass is 9.93.